The normalized spacial score (nSPS) is 12.0. The van der Waals surface area contributed by atoms with E-state index in [4.69, 9.17) is 23.2 Å². The summed E-state index contributed by atoms with van der Waals surface area (Å²) in [5, 5.41) is 15.9. The van der Waals surface area contributed by atoms with Crippen LogP contribution in [0.5, 0.6) is 0 Å². The summed E-state index contributed by atoms with van der Waals surface area (Å²) < 4.78 is 1.11. The predicted molar refractivity (Wildman–Crippen MR) is 115 cm³/mol. The van der Waals surface area contributed by atoms with Crippen molar-refractivity contribution in [1.82, 2.24) is 4.98 Å². The van der Waals surface area contributed by atoms with Crippen LogP contribution in [0.25, 0.3) is 11.3 Å². The van der Waals surface area contributed by atoms with E-state index in [-0.39, 0.29) is 0 Å². The molecule has 4 nitrogen and oxygen atoms in total. The van der Waals surface area contributed by atoms with Crippen molar-refractivity contribution < 1.29 is 9.90 Å². The van der Waals surface area contributed by atoms with Crippen LogP contribution in [-0.4, -0.2) is 22.1 Å². The van der Waals surface area contributed by atoms with Gasteiger partial charge in [-0.05, 0) is 52.4 Å². The van der Waals surface area contributed by atoms with E-state index in [0.717, 1.165) is 20.4 Å². The lowest BCUT2D eigenvalue weighted by molar-refractivity contribution is -0.137. The lowest BCUT2D eigenvalue weighted by Crippen LogP contribution is -2.31. The Bertz CT molecular complexity index is 931. The van der Waals surface area contributed by atoms with Crippen LogP contribution >= 0.6 is 57.1 Å². The fourth-order valence-corrected chi connectivity index (χ4v) is 3.76. The number of aliphatic carboxylic acids is 1. The Morgan fingerprint density at radius 2 is 1.92 bits per heavy atom. The first-order valence-electron chi connectivity index (χ1n) is 7.57. The number of hydrogen-bond acceptors (Lipinski definition) is 4. The molecular formula is C18H13Cl2IN2O2S. The van der Waals surface area contributed by atoms with Crippen LogP contribution in [0.4, 0.5) is 5.13 Å². The van der Waals surface area contributed by atoms with Gasteiger partial charge in [0.15, 0.2) is 5.13 Å². The second kappa shape index (κ2) is 8.56. The lowest BCUT2D eigenvalue weighted by Gasteiger charge is -2.13. The third kappa shape index (κ3) is 4.88. The molecule has 2 N–H and O–H groups in total. The summed E-state index contributed by atoms with van der Waals surface area (Å²) in [4.78, 5) is 16.1. The van der Waals surface area contributed by atoms with E-state index in [0.29, 0.717) is 21.6 Å². The molecule has 0 spiro atoms. The molecule has 0 radical (unpaired) electrons. The monoisotopic (exact) mass is 518 g/mol. The molecule has 8 heteroatoms. The van der Waals surface area contributed by atoms with Gasteiger partial charge in [-0.2, -0.15) is 0 Å². The Labute approximate surface area is 178 Å². The SMILES string of the molecule is O=C(O)[C@H](Cc1ccc(I)cc1)Nc1nc(-c2ccc(Cl)c(Cl)c2)cs1. The number of anilines is 1. The number of rotatable bonds is 6. The van der Waals surface area contributed by atoms with Crippen molar-refractivity contribution in [2.24, 2.45) is 0 Å². The van der Waals surface area contributed by atoms with E-state index in [1.54, 1.807) is 12.1 Å². The topological polar surface area (TPSA) is 62.2 Å². The fraction of sp³-hybridized carbons (Fsp3) is 0.111. The van der Waals surface area contributed by atoms with E-state index in [9.17, 15) is 9.90 Å². The third-order valence-electron chi connectivity index (χ3n) is 3.67. The number of nitrogens with zero attached hydrogens (tertiary/aromatic N) is 1. The highest BCUT2D eigenvalue weighted by Gasteiger charge is 2.19. The van der Waals surface area contributed by atoms with Crippen LogP contribution < -0.4 is 5.32 Å². The fourth-order valence-electron chi connectivity index (χ4n) is 2.33. The van der Waals surface area contributed by atoms with Crippen molar-refractivity contribution in [1.29, 1.82) is 0 Å². The second-order valence-electron chi connectivity index (χ2n) is 5.53. The molecule has 0 aliphatic carbocycles. The molecule has 134 valence electrons. The molecule has 0 fully saturated rings. The number of carboxylic acids is 1. The smallest absolute Gasteiger partial charge is 0.326 e. The van der Waals surface area contributed by atoms with Gasteiger partial charge in [-0.25, -0.2) is 9.78 Å². The zero-order valence-corrected chi connectivity index (χ0v) is 17.7. The van der Waals surface area contributed by atoms with Crippen molar-refractivity contribution in [3.8, 4) is 11.3 Å². The third-order valence-corrected chi connectivity index (χ3v) is 5.90. The number of carbonyl (C=O) groups is 1. The number of aromatic nitrogens is 1. The van der Waals surface area contributed by atoms with Gasteiger partial charge < -0.3 is 10.4 Å². The molecule has 3 aromatic rings. The maximum absolute atomic E-state index is 11.6. The summed E-state index contributed by atoms with van der Waals surface area (Å²) in [6.07, 6.45) is 0.369. The number of benzene rings is 2. The first-order valence-corrected chi connectivity index (χ1v) is 10.3. The minimum atomic E-state index is -0.921. The number of thiazole rings is 1. The van der Waals surface area contributed by atoms with Crippen molar-refractivity contribution in [2.45, 2.75) is 12.5 Å². The highest BCUT2D eigenvalue weighted by molar-refractivity contribution is 14.1. The standard InChI is InChI=1S/C18H13Cl2IN2O2S/c19-13-6-3-11(8-14(13)20)16-9-26-18(23-16)22-15(17(24)25)7-10-1-4-12(21)5-2-10/h1-6,8-9,15H,7H2,(H,22,23)(H,24,25)/t15-/m0/s1. The lowest BCUT2D eigenvalue weighted by atomic mass is 10.1. The molecule has 3 rings (SSSR count). The predicted octanol–water partition coefficient (Wildman–Crippen LogP) is 5.83. The van der Waals surface area contributed by atoms with Gasteiger partial charge in [0.2, 0.25) is 0 Å². The Hall–Kier alpha value is -1.35. The van der Waals surface area contributed by atoms with Gasteiger partial charge in [-0.3, -0.25) is 0 Å². The van der Waals surface area contributed by atoms with E-state index < -0.39 is 12.0 Å². The van der Waals surface area contributed by atoms with Gasteiger partial charge in [0.25, 0.3) is 0 Å². The molecule has 1 heterocycles. The van der Waals surface area contributed by atoms with Crippen LogP contribution in [0.15, 0.2) is 47.8 Å². The molecule has 0 amide bonds. The van der Waals surface area contributed by atoms with Crippen molar-refractivity contribution in [3.05, 3.63) is 67.0 Å². The van der Waals surface area contributed by atoms with Crippen molar-refractivity contribution in [3.63, 3.8) is 0 Å². The van der Waals surface area contributed by atoms with Crippen molar-refractivity contribution in [2.75, 3.05) is 5.32 Å². The Kier molecular flexibility index (Phi) is 6.39. The molecule has 26 heavy (non-hydrogen) atoms. The van der Waals surface area contributed by atoms with Gasteiger partial charge >= 0.3 is 5.97 Å². The summed E-state index contributed by atoms with van der Waals surface area (Å²) in [6.45, 7) is 0. The van der Waals surface area contributed by atoms with Crippen LogP contribution in [0, 0.1) is 3.57 Å². The van der Waals surface area contributed by atoms with Gasteiger partial charge in [0.1, 0.15) is 6.04 Å². The van der Waals surface area contributed by atoms with Gasteiger partial charge in [-0.15, -0.1) is 11.3 Å². The average molecular weight is 519 g/mol. The molecule has 1 aromatic heterocycles. The molecule has 0 saturated carbocycles. The van der Waals surface area contributed by atoms with Gasteiger partial charge in [0.05, 0.1) is 15.7 Å². The second-order valence-corrected chi connectivity index (χ2v) is 8.45. The Balaban J connectivity index is 1.75. The number of halogens is 3. The molecule has 1 atom stereocenters. The van der Waals surface area contributed by atoms with E-state index in [1.807, 2.05) is 35.7 Å². The number of nitrogens with one attached hydrogen (secondary N) is 1. The Morgan fingerprint density at radius 3 is 2.58 bits per heavy atom. The summed E-state index contributed by atoms with van der Waals surface area (Å²) in [7, 11) is 0. The Morgan fingerprint density at radius 1 is 1.19 bits per heavy atom. The molecule has 2 aromatic carbocycles. The molecule has 0 bridgehead atoms. The first-order chi connectivity index (χ1) is 12.4. The molecular weight excluding hydrogens is 506 g/mol. The highest BCUT2D eigenvalue weighted by atomic mass is 127. The van der Waals surface area contributed by atoms with Gasteiger partial charge in [-0.1, -0.05) is 41.4 Å². The molecule has 0 aliphatic heterocycles. The number of hydrogen-bond donors (Lipinski definition) is 2. The van der Waals surface area contributed by atoms with Gasteiger partial charge in [0, 0.05) is 20.9 Å². The van der Waals surface area contributed by atoms with E-state index in [1.165, 1.54) is 11.3 Å². The quantitative estimate of drug-likeness (QED) is 0.403. The zero-order chi connectivity index (χ0) is 18.7. The van der Waals surface area contributed by atoms with E-state index >= 15 is 0 Å². The highest BCUT2D eigenvalue weighted by Crippen LogP contribution is 2.30. The van der Waals surface area contributed by atoms with Crippen LogP contribution in [0.2, 0.25) is 10.0 Å². The maximum Gasteiger partial charge on any atom is 0.326 e. The van der Waals surface area contributed by atoms with Crippen LogP contribution in [0.3, 0.4) is 0 Å². The summed E-state index contributed by atoms with van der Waals surface area (Å²) in [5.41, 5.74) is 2.49. The molecule has 0 saturated heterocycles. The van der Waals surface area contributed by atoms with Crippen LogP contribution in [-0.2, 0) is 11.2 Å². The zero-order valence-electron chi connectivity index (χ0n) is 13.2. The average Bonchev–Trinajstić information content (AvgIpc) is 3.07. The molecule has 0 unspecified atom stereocenters. The minimum Gasteiger partial charge on any atom is -0.480 e. The minimum absolute atomic E-state index is 0.369. The van der Waals surface area contributed by atoms with E-state index in [2.05, 4.69) is 32.9 Å². The molecule has 0 aliphatic rings. The summed E-state index contributed by atoms with van der Waals surface area (Å²) in [6, 6.07) is 12.3. The van der Waals surface area contributed by atoms with Crippen molar-refractivity contribution >= 4 is 68.2 Å². The first kappa shape index (κ1) is 19.4. The largest absolute Gasteiger partial charge is 0.480 e. The maximum atomic E-state index is 11.6. The summed E-state index contributed by atoms with van der Waals surface area (Å²) in [5.74, 6) is -0.921. The number of carboxylic acid groups (broad SMARTS) is 1. The van der Waals surface area contributed by atoms with Crippen LogP contribution in [0.1, 0.15) is 5.56 Å². The summed E-state index contributed by atoms with van der Waals surface area (Å²) >= 11 is 15.6.